The van der Waals surface area contributed by atoms with Gasteiger partial charge >= 0.3 is 5.97 Å². The van der Waals surface area contributed by atoms with Crippen molar-refractivity contribution in [2.24, 2.45) is 0 Å². The summed E-state index contributed by atoms with van der Waals surface area (Å²) in [7, 11) is 1.32. The number of para-hydroxylation sites is 1. The maximum Gasteiger partial charge on any atom is 0.373 e. The summed E-state index contributed by atoms with van der Waals surface area (Å²) in [6.07, 6.45) is 3.54. The van der Waals surface area contributed by atoms with Gasteiger partial charge in [-0.2, -0.15) is 0 Å². The number of methoxy groups -OCH3 is 1. The molecule has 1 aromatic carbocycles. The first-order chi connectivity index (χ1) is 11.2. The van der Waals surface area contributed by atoms with E-state index in [2.05, 4.69) is 9.72 Å². The van der Waals surface area contributed by atoms with Crippen molar-refractivity contribution in [3.05, 3.63) is 59.7 Å². The number of rotatable bonds is 3. The Balaban J connectivity index is 1.64. The molecule has 0 saturated heterocycles. The summed E-state index contributed by atoms with van der Waals surface area (Å²) in [6, 6.07) is 13.2. The molecule has 4 aromatic rings. The van der Waals surface area contributed by atoms with Crippen LogP contribution in [0.4, 0.5) is 0 Å². The highest BCUT2D eigenvalue weighted by molar-refractivity contribution is 6.04. The van der Waals surface area contributed by atoms with Crippen LogP contribution < -0.4 is 0 Å². The van der Waals surface area contributed by atoms with Crippen LogP contribution in [0, 0.1) is 0 Å². The first-order valence-corrected chi connectivity index (χ1v) is 7.11. The molecule has 0 atom stereocenters. The maximum absolute atomic E-state index is 11.3. The summed E-state index contributed by atoms with van der Waals surface area (Å²) in [6.45, 7) is 0. The zero-order valence-electron chi connectivity index (χ0n) is 12.3. The van der Waals surface area contributed by atoms with Gasteiger partial charge in [0.15, 0.2) is 5.58 Å². The minimum Gasteiger partial charge on any atom is -0.463 e. The van der Waals surface area contributed by atoms with Crippen molar-refractivity contribution >= 4 is 40.1 Å². The minimum atomic E-state index is -0.498. The van der Waals surface area contributed by atoms with Gasteiger partial charge in [0.2, 0.25) is 5.76 Å². The Labute approximate surface area is 131 Å². The standard InChI is InChI=1S/C18H13NO4/c1-21-18(20)16-9-8-11(22-16)6-7-12-10-15-17(23-12)13-4-2-3-5-14(13)19-15/h2-10,19H,1H3/b7-6+. The number of nitrogens with one attached hydrogen (secondary N) is 1. The summed E-state index contributed by atoms with van der Waals surface area (Å²) in [5.74, 6) is 0.926. The van der Waals surface area contributed by atoms with Crippen molar-refractivity contribution < 1.29 is 18.4 Å². The smallest absolute Gasteiger partial charge is 0.373 e. The van der Waals surface area contributed by atoms with E-state index in [4.69, 9.17) is 8.83 Å². The van der Waals surface area contributed by atoms with Crippen molar-refractivity contribution in [1.29, 1.82) is 0 Å². The van der Waals surface area contributed by atoms with Crippen LogP contribution in [0.1, 0.15) is 22.1 Å². The van der Waals surface area contributed by atoms with Crippen molar-refractivity contribution in [1.82, 2.24) is 4.98 Å². The number of H-pyrrole nitrogens is 1. The van der Waals surface area contributed by atoms with Crippen LogP contribution in [-0.2, 0) is 4.74 Å². The Bertz CT molecular complexity index is 1030. The summed E-state index contributed by atoms with van der Waals surface area (Å²) in [5, 5.41) is 1.05. The summed E-state index contributed by atoms with van der Waals surface area (Å²) < 4.78 is 15.8. The van der Waals surface area contributed by atoms with Crippen LogP contribution in [0.2, 0.25) is 0 Å². The molecule has 23 heavy (non-hydrogen) atoms. The van der Waals surface area contributed by atoms with E-state index >= 15 is 0 Å². The molecule has 0 aliphatic heterocycles. The molecule has 3 heterocycles. The predicted octanol–water partition coefficient (Wildman–Crippen LogP) is 4.46. The average molecular weight is 307 g/mol. The van der Waals surface area contributed by atoms with Crippen molar-refractivity contribution in [3.63, 3.8) is 0 Å². The zero-order chi connectivity index (χ0) is 15.8. The number of carbonyl (C=O) groups is 1. The molecule has 5 nitrogen and oxygen atoms in total. The highest BCUT2D eigenvalue weighted by Gasteiger charge is 2.11. The lowest BCUT2D eigenvalue weighted by atomic mass is 10.2. The second kappa shape index (κ2) is 5.21. The summed E-state index contributed by atoms with van der Waals surface area (Å²) >= 11 is 0. The average Bonchev–Trinajstić information content (AvgIpc) is 3.26. The Morgan fingerprint density at radius 1 is 1.04 bits per heavy atom. The molecule has 4 rings (SSSR count). The van der Waals surface area contributed by atoms with Crippen molar-refractivity contribution in [3.8, 4) is 0 Å². The van der Waals surface area contributed by atoms with Gasteiger partial charge in [-0.05, 0) is 36.4 Å². The van der Waals surface area contributed by atoms with Crippen LogP contribution in [0.15, 0.2) is 51.3 Å². The lowest BCUT2D eigenvalue weighted by Crippen LogP contribution is -1.98. The van der Waals surface area contributed by atoms with Crippen LogP contribution >= 0.6 is 0 Å². The molecular formula is C18H13NO4. The van der Waals surface area contributed by atoms with Crippen LogP contribution in [-0.4, -0.2) is 18.1 Å². The molecule has 0 radical (unpaired) electrons. The number of hydrogen-bond acceptors (Lipinski definition) is 4. The quantitative estimate of drug-likeness (QED) is 0.567. The Morgan fingerprint density at radius 2 is 1.87 bits per heavy atom. The monoisotopic (exact) mass is 307 g/mol. The normalized spacial score (nSPS) is 11.7. The highest BCUT2D eigenvalue weighted by atomic mass is 16.5. The Kier molecular flexibility index (Phi) is 3.05. The van der Waals surface area contributed by atoms with Gasteiger partial charge in [0.1, 0.15) is 11.5 Å². The van der Waals surface area contributed by atoms with Crippen LogP contribution in [0.25, 0.3) is 34.2 Å². The molecule has 0 aliphatic carbocycles. The van der Waals surface area contributed by atoms with E-state index in [-0.39, 0.29) is 5.76 Å². The van der Waals surface area contributed by atoms with Gasteiger partial charge in [-0.1, -0.05) is 12.1 Å². The van der Waals surface area contributed by atoms with Gasteiger partial charge in [0, 0.05) is 17.0 Å². The molecule has 114 valence electrons. The predicted molar refractivity (Wildman–Crippen MR) is 87.0 cm³/mol. The molecule has 0 fully saturated rings. The van der Waals surface area contributed by atoms with Crippen molar-refractivity contribution in [2.45, 2.75) is 0 Å². The molecule has 0 spiro atoms. The third-order valence-electron chi connectivity index (χ3n) is 3.62. The first-order valence-electron chi connectivity index (χ1n) is 7.11. The maximum atomic E-state index is 11.3. The number of benzene rings is 1. The third-order valence-corrected chi connectivity index (χ3v) is 3.62. The second-order valence-corrected chi connectivity index (χ2v) is 5.09. The van der Waals surface area contributed by atoms with E-state index in [1.54, 1.807) is 24.3 Å². The number of carbonyl (C=O) groups excluding carboxylic acids is 1. The largest absolute Gasteiger partial charge is 0.463 e. The van der Waals surface area contributed by atoms with Gasteiger partial charge in [-0.3, -0.25) is 0 Å². The number of ether oxygens (including phenoxy) is 1. The molecule has 0 unspecified atom stereocenters. The fourth-order valence-corrected chi connectivity index (χ4v) is 2.54. The summed E-state index contributed by atoms with van der Waals surface area (Å²) in [5.41, 5.74) is 2.82. The molecule has 5 heteroatoms. The third kappa shape index (κ3) is 2.32. The summed E-state index contributed by atoms with van der Waals surface area (Å²) in [4.78, 5) is 14.7. The number of furan rings is 2. The van der Waals surface area contributed by atoms with Crippen LogP contribution in [0.5, 0.6) is 0 Å². The number of hydrogen-bond donors (Lipinski definition) is 1. The minimum absolute atomic E-state index is 0.171. The SMILES string of the molecule is COC(=O)c1ccc(/C=C/c2cc3[nH]c4ccccc4c3o2)o1. The zero-order valence-corrected chi connectivity index (χ0v) is 12.3. The van der Waals surface area contributed by atoms with E-state index in [9.17, 15) is 4.79 Å². The molecule has 0 saturated carbocycles. The molecule has 0 aliphatic rings. The molecule has 1 N–H and O–H groups in total. The second-order valence-electron chi connectivity index (χ2n) is 5.09. The highest BCUT2D eigenvalue weighted by Crippen LogP contribution is 2.28. The molecule has 0 amide bonds. The van der Waals surface area contributed by atoms with Crippen LogP contribution in [0.3, 0.4) is 0 Å². The topological polar surface area (TPSA) is 68.4 Å². The van der Waals surface area contributed by atoms with Gasteiger partial charge in [0.25, 0.3) is 0 Å². The van der Waals surface area contributed by atoms with E-state index < -0.39 is 5.97 Å². The molecule has 0 bridgehead atoms. The van der Waals surface area contributed by atoms with Gasteiger partial charge < -0.3 is 18.6 Å². The van der Waals surface area contributed by atoms with E-state index in [1.807, 2.05) is 30.3 Å². The number of aromatic amines is 1. The Hall–Kier alpha value is -3.21. The number of aromatic nitrogens is 1. The van der Waals surface area contributed by atoms with Gasteiger partial charge in [-0.25, -0.2) is 4.79 Å². The van der Waals surface area contributed by atoms with E-state index in [0.717, 1.165) is 22.0 Å². The fourth-order valence-electron chi connectivity index (χ4n) is 2.54. The first kappa shape index (κ1) is 13.5. The molecular weight excluding hydrogens is 294 g/mol. The number of fused-ring (bicyclic) bond motifs is 3. The fraction of sp³-hybridized carbons (Fsp3) is 0.0556. The number of esters is 1. The Morgan fingerprint density at radius 3 is 2.74 bits per heavy atom. The molecule has 3 aromatic heterocycles. The van der Waals surface area contributed by atoms with Crippen molar-refractivity contribution in [2.75, 3.05) is 7.11 Å². The lowest BCUT2D eigenvalue weighted by Gasteiger charge is -1.92. The lowest BCUT2D eigenvalue weighted by molar-refractivity contribution is 0.0564. The van der Waals surface area contributed by atoms with E-state index in [0.29, 0.717) is 11.5 Å². The van der Waals surface area contributed by atoms with Gasteiger partial charge in [-0.15, -0.1) is 0 Å². The van der Waals surface area contributed by atoms with Gasteiger partial charge in [0.05, 0.1) is 12.6 Å². The van der Waals surface area contributed by atoms with E-state index in [1.165, 1.54) is 7.11 Å².